The maximum Gasteiger partial charge on any atom is 0.475 e. The number of nitrogens with zero attached hydrogens (tertiary/aromatic N) is 4. The van der Waals surface area contributed by atoms with Crippen LogP contribution in [-0.2, 0) is 59.1 Å². The quantitative estimate of drug-likeness (QED) is 0.119. The number of esters is 1. The number of carbonyl (C=O) groups excluding carboxylic acids is 1. The first-order valence-electron chi connectivity index (χ1n) is 15.7. The van der Waals surface area contributed by atoms with E-state index in [0.717, 1.165) is 4.57 Å². The lowest BCUT2D eigenvalue weighted by atomic mass is 9.98. The number of anilines is 1. The van der Waals surface area contributed by atoms with Gasteiger partial charge >= 0.3 is 13.8 Å². The van der Waals surface area contributed by atoms with Crippen LogP contribution in [0.5, 0.6) is 0 Å². The highest BCUT2D eigenvalue weighted by molar-refractivity contribution is 7.48. The smallest absolute Gasteiger partial charge is 0.463 e. The second-order valence-corrected chi connectivity index (χ2v) is 13.2. The maximum absolute atomic E-state index is 14.3. The first kappa shape index (κ1) is 35.1. The van der Waals surface area contributed by atoms with Crippen LogP contribution in [0, 0.1) is 0 Å². The zero-order chi connectivity index (χ0) is 35.3. The van der Waals surface area contributed by atoms with Gasteiger partial charge in [0.1, 0.15) is 37.4 Å². The van der Waals surface area contributed by atoms with Gasteiger partial charge in [0.2, 0.25) is 5.95 Å². The summed E-state index contributed by atoms with van der Waals surface area (Å²) in [6.07, 6.45) is -6.93. The van der Waals surface area contributed by atoms with E-state index in [1.807, 2.05) is 18.2 Å². The minimum Gasteiger partial charge on any atom is -0.463 e. The summed E-state index contributed by atoms with van der Waals surface area (Å²) >= 11 is 0. The van der Waals surface area contributed by atoms with E-state index < -0.39 is 56.6 Å². The molecular weight excluding hydrogens is 669 g/mol. The molecule has 0 radical (unpaired) electrons. The van der Waals surface area contributed by atoms with Gasteiger partial charge in [0.15, 0.2) is 17.4 Å². The van der Waals surface area contributed by atoms with Crippen LogP contribution in [0.25, 0.3) is 11.2 Å². The van der Waals surface area contributed by atoms with E-state index in [4.69, 9.17) is 28.8 Å². The second kappa shape index (κ2) is 15.4. The topological polar surface area (TPSA) is 199 Å². The third-order valence-corrected chi connectivity index (χ3v) is 9.49. The van der Waals surface area contributed by atoms with Gasteiger partial charge in [0, 0.05) is 7.05 Å². The van der Waals surface area contributed by atoms with Gasteiger partial charge in [-0.25, -0.2) is 9.55 Å². The molecular formula is C34H36N5O10P. The Balaban J connectivity index is 1.31. The lowest BCUT2D eigenvalue weighted by Crippen LogP contribution is -2.57. The molecule has 0 aliphatic carbocycles. The van der Waals surface area contributed by atoms with Gasteiger partial charge in [-0.1, -0.05) is 91.0 Å². The number of carbonyl (C=O) groups is 1. The highest BCUT2D eigenvalue weighted by Crippen LogP contribution is 2.54. The molecule has 262 valence electrons. The van der Waals surface area contributed by atoms with Gasteiger partial charge in [-0.05, 0) is 16.7 Å². The number of fused-ring (bicyclic) bond motifs is 1. The number of phosphoric acid groups is 1. The van der Waals surface area contributed by atoms with Gasteiger partial charge in [0.25, 0.3) is 5.56 Å². The lowest BCUT2D eigenvalue weighted by Gasteiger charge is -2.43. The van der Waals surface area contributed by atoms with Gasteiger partial charge in [-0.3, -0.25) is 32.3 Å². The first-order valence-corrected chi connectivity index (χ1v) is 17.1. The summed E-state index contributed by atoms with van der Waals surface area (Å²) in [7, 11) is -3.17. The number of aliphatic hydroxyl groups excluding tert-OH is 2. The molecule has 1 aliphatic heterocycles. The summed E-state index contributed by atoms with van der Waals surface area (Å²) in [4.78, 5) is 34.3. The van der Waals surface area contributed by atoms with E-state index in [-0.39, 0.29) is 36.7 Å². The Hall–Kier alpha value is -4.73. The van der Waals surface area contributed by atoms with Crippen LogP contribution in [0.4, 0.5) is 5.95 Å². The van der Waals surface area contributed by atoms with Crippen molar-refractivity contribution in [3.05, 3.63) is 124 Å². The molecule has 3 aromatic carbocycles. The number of hydrogen-bond acceptors (Lipinski definition) is 13. The molecule has 15 nitrogen and oxygen atoms in total. The number of aromatic nitrogens is 4. The molecule has 2 aromatic heterocycles. The number of aliphatic hydroxyl groups is 2. The van der Waals surface area contributed by atoms with Crippen molar-refractivity contribution in [3.8, 4) is 0 Å². The molecule has 5 atom stereocenters. The van der Waals surface area contributed by atoms with Crippen LogP contribution in [0.2, 0.25) is 0 Å². The molecule has 3 heterocycles. The average Bonchev–Trinajstić information content (AvgIpc) is 3.55. The van der Waals surface area contributed by atoms with Crippen molar-refractivity contribution in [1.82, 2.24) is 19.1 Å². The Kier molecular flexibility index (Phi) is 10.8. The molecule has 0 saturated carbocycles. The zero-order valence-electron chi connectivity index (χ0n) is 26.9. The minimum absolute atomic E-state index is 0.0288. The van der Waals surface area contributed by atoms with Gasteiger partial charge in [-0.2, -0.15) is 4.98 Å². The van der Waals surface area contributed by atoms with Gasteiger partial charge < -0.3 is 25.4 Å². The van der Waals surface area contributed by atoms with Crippen LogP contribution >= 0.6 is 7.82 Å². The first-order chi connectivity index (χ1) is 24.1. The van der Waals surface area contributed by atoms with E-state index in [9.17, 15) is 24.4 Å². The monoisotopic (exact) mass is 705 g/mol. The number of phosphoric ester groups is 1. The van der Waals surface area contributed by atoms with Crippen LogP contribution in [0.1, 0.15) is 22.9 Å². The summed E-state index contributed by atoms with van der Waals surface area (Å²) in [5.74, 6) is -0.707. The lowest BCUT2D eigenvalue weighted by molar-refractivity contribution is -0.249. The van der Waals surface area contributed by atoms with Crippen molar-refractivity contribution < 1.29 is 42.6 Å². The van der Waals surface area contributed by atoms with Crippen LogP contribution in [-0.4, -0.2) is 66.3 Å². The second-order valence-electron chi connectivity index (χ2n) is 11.6. The summed E-state index contributed by atoms with van der Waals surface area (Å²) < 4.78 is 45.6. The fraction of sp³-hybridized carbons (Fsp3) is 0.294. The van der Waals surface area contributed by atoms with Crippen LogP contribution < -0.4 is 11.3 Å². The average molecular weight is 706 g/mol. The van der Waals surface area contributed by atoms with E-state index >= 15 is 0 Å². The number of rotatable bonds is 13. The Labute approximate surface area is 286 Å². The van der Waals surface area contributed by atoms with Crippen molar-refractivity contribution in [2.24, 2.45) is 7.05 Å². The number of hydrogen-bond donors (Lipinski definition) is 3. The standard InChI is InChI=1S/C34H36N5O10P/c1-38-32(43)27-31(37-34(38)35)36-21-39(27)33-29(42)30(28(41)25(48-33)20-45-26(40)17-22-11-5-2-6-12-22)49-50(44,46-18-23-13-7-3-8-14-23)47-19-24-15-9-4-10-16-24/h2-16,21,25,28-30,33,41-42H,17-20H2,1H3,(H2,35,37)/t25-,28-,29-,30+,33-/m1/s1. The van der Waals surface area contributed by atoms with Crippen molar-refractivity contribution >= 4 is 30.9 Å². The third kappa shape index (κ3) is 8.01. The number of benzene rings is 3. The number of nitrogens with two attached hydrogens (primary N) is 1. The third-order valence-electron chi connectivity index (χ3n) is 8.10. The number of nitrogen functional groups attached to an aromatic ring is 1. The SMILES string of the molecule is Cn1c(N)nc2ncn([C@@H]3O[C@H](COC(=O)Cc4ccccc4)[C@@H](O)[C@H](OP(=O)(OCc4ccccc4)OCc4ccccc4)[C@H]3O)c2c1=O. The molecule has 0 amide bonds. The molecule has 1 saturated heterocycles. The molecule has 5 aromatic rings. The molecule has 1 fully saturated rings. The Morgan fingerprint density at radius 1 is 0.900 bits per heavy atom. The highest BCUT2D eigenvalue weighted by atomic mass is 31.2. The summed E-state index contributed by atoms with van der Waals surface area (Å²) in [5.41, 5.74) is 7.17. The number of imidazole rings is 1. The van der Waals surface area contributed by atoms with Crippen molar-refractivity contribution in [3.63, 3.8) is 0 Å². The molecule has 4 N–H and O–H groups in total. The van der Waals surface area contributed by atoms with Gasteiger partial charge in [0.05, 0.1) is 19.6 Å². The van der Waals surface area contributed by atoms with E-state index in [2.05, 4.69) is 9.97 Å². The predicted molar refractivity (Wildman–Crippen MR) is 179 cm³/mol. The molecule has 0 bridgehead atoms. The summed E-state index contributed by atoms with van der Waals surface area (Å²) in [5, 5.41) is 23.3. The molecule has 0 unspecified atom stereocenters. The van der Waals surface area contributed by atoms with E-state index in [1.54, 1.807) is 72.8 Å². The molecule has 16 heteroatoms. The Morgan fingerprint density at radius 2 is 1.46 bits per heavy atom. The predicted octanol–water partition coefficient (Wildman–Crippen LogP) is 3.04. The van der Waals surface area contributed by atoms with Crippen molar-refractivity contribution in [2.75, 3.05) is 12.3 Å². The molecule has 1 aliphatic rings. The Bertz CT molecular complexity index is 1960. The zero-order valence-corrected chi connectivity index (χ0v) is 27.8. The van der Waals surface area contributed by atoms with E-state index in [1.165, 1.54) is 17.9 Å². The normalized spacial score (nSPS) is 20.9. The highest BCUT2D eigenvalue weighted by Gasteiger charge is 2.50. The molecule has 50 heavy (non-hydrogen) atoms. The Morgan fingerprint density at radius 3 is 2.04 bits per heavy atom. The fourth-order valence-corrected chi connectivity index (χ4v) is 6.74. The van der Waals surface area contributed by atoms with Crippen molar-refractivity contribution in [2.45, 2.75) is 50.3 Å². The molecule has 0 spiro atoms. The van der Waals surface area contributed by atoms with Crippen LogP contribution in [0.3, 0.4) is 0 Å². The maximum atomic E-state index is 14.3. The fourth-order valence-electron chi connectivity index (χ4n) is 5.38. The number of ether oxygens (including phenoxy) is 2. The van der Waals surface area contributed by atoms with Crippen LogP contribution in [0.15, 0.2) is 102 Å². The summed E-state index contributed by atoms with van der Waals surface area (Å²) in [6.45, 7) is -0.880. The van der Waals surface area contributed by atoms with Crippen molar-refractivity contribution in [1.29, 1.82) is 0 Å². The van der Waals surface area contributed by atoms with E-state index in [0.29, 0.717) is 16.7 Å². The molecule has 6 rings (SSSR count). The summed E-state index contributed by atoms with van der Waals surface area (Å²) in [6, 6.07) is 26.6. The van der Waals surface area contributed by atoms with Gasteiger partial charge in [-0.15, -0.1) is 0 Å². The minimum atomic E-state index is -4.58. The largest absolute Gasteiger partial charge is 0.475 e.